The van der Waals surface area contributed by atoms with Crippen LogP contribution in [0.25, 0.3) is 6.08 Å². The molecular formula is C23H27N7O. The van der Waals surface area contributed by atoms with Crippen molar-refractivity contribution in [2.24, 2.45) is 13.0 Å². The fraction of sp³-hybridized carbons (Fsp3) is 0.348. The molecule has 0 aliphatic carbocycles. The van der Waals surface area contributed by atoms with E-state index >= 15 is 0 Å². The smallest absolute Gasteiger partial charge is 0.246 e. The number of pyridine rings is 1. The third-order valence-electron chi connectivity index (χ3n) is 5.34. The Morgan fingerprint density at radius 1 is 1.29 bits per heavy atom. The summed E-state index contributed by atoms with van der Waals surface area (Å²) in [4.78, 5) is 27.8. The molecule has 0 aromatic carbocycles. The van der Waals surface area contributed by atoms with Gasteiger partial charge in [0.1, 0.15) is 18.0 Å². The van der Waals surface area contributed by atoms with Crippen LogP contribution in [0.2, 0.25) is 0 Å². The van der Waals surface area contributed by atoms with Crippen LogP contribution in [0.4, 0.5) is 11.6 Å². The summed E-state index contributed by atoms with van der Waals surface area (Å²) in [5, 5.41) is 7.36. The fourth-order valence-corrected chi connectivity index (χ4v) is 3.85. The zero-order valence-electron chi connectivity index (χ0n) is 17.9. The number of carbonyl (C=O) groups is 1. The molecule has 0 radical (unpaired) electrons. The molecule has 0 spiro atoms. The predicted molar refractivity (Wildman–Crippen MR) is 120 cm³/mol. The Labute approximate surface area is 182 Å². The van der Waals surface area contributed by atoms with Crippen molar-refractivity contribution in [3.63, 3.8) is 0 Å². The first-order valence-corrected chi connectivity index (χ1v) is 10.5. The number of amides is 1. The standard InChI is InChI=1S/C23H27N7O/c1-17-5-3-7-21(27-17)28-22-12-20(24-16-25-22)11-18-6-4-10-30(15-18)23(31)9-8-19-13-26-29(2)14-19/h3,5,7-9,12-14,16,18H,4,6,10-11,15H2,1-2H3,(H,24,25,27,28)/b9-8+. The van der Waals surface area contributed by atoms with Crippen molar-refractivity contribution in [1.29, 1.82) is 0 Å². The topological polar surface area (TPSA) is 88.8 Å². The summed E-state index contributed by atoms with van der Waals surface area (Å²) in [6.45, 7) is 3.49. The zero-order valence-corrected chi connectivity index (χ0v) is 17.9. The maximum atomic E-state index is 12.6. The van der Waals surface area contributed by atoms with Gasteiger partial charge in [-0.15, -0.1) is 0 Å². The Morgan fingerprint density at radius 3 is 3.00 bits per heavy atom. The van der Waals surface area contributed by atoms with Crippen molar-refractivity contribution in [1.82, 2.24) is 29.6 Å². The number of aromatic nitrogens is 5. The van der Waals surface area contributed by atoms with Crippen molar-refractivity contribution in [2.45, 2.75) is 26.2 Å². The number of hydrogen-bond acceptors (Lipinski definition) is 6. The van der Waals surface area contributed by atoms with Crippen LogP contribution in [0.15, 0.2) is 49.1 Å². The lowest BCUT2D eigenvalue weighted by atomic mass is 9.93. The van der Waals surface area contributed by atoms with Gasteiger partial charge in [0.2, 0.25) is 5.91 Å². The van der Waals surface area contributed by atoms with Gasteiger partial charge in [0.25, 0.3) is 0 Å². The Morgan fingerprint density at radius 2 is 2.19 bits per heavy atom. The number of aryl methyl sites for hydroxylation is 2. The molecule has 1 fully saturated rings. The van der Waals surface area contributed by atoms with E-state index in [2.05, 4.69) is 25.4 Å². The van der Waals surface area contributed by atoms with E-state index in [1.54, 1.807) is 23.3 Å². The number of nitrogens with zero attached hydrogens (tertiary/aromatic N) is 6. The molecule has 1 unspecified atom stereocenters. The second kappa shape index (κ2) is 9.51. The number of hydrogen-bond donors (Lipinski definition) is 1. The molecule has 3 aromatic heterocycles. The van der Waals surface area contributed by atoms with Crippen LogP contribution in [0.3, 0.4) is 0 Å². The van der Waals surface area contributed by atoms with Crippen molar-refractivity contribution in [2.75, 3.05) is 18.4 Å². The van der Waals surface area contributed by atoms with Crippen molar-refractivity contribution < 1.29 is 4.79 Å². The highest BCUT2D eigenvalue weighted by Crippen LogP contribution is 2.22. The van der Waals surface area contributed by atoms with Gasteiger partial charge in [0.15, 0.2) is 0 Å². The third-order valence-corrected chi connectivity index (χ3v) is 5.34. The fourth-order valence-electron chi connectivity index (χ4n) is 3.85. The van der Waals surface area contributed by atoms with Gasteiger partial charge in [0, 0.05) is 55.4 Å². The number of anilines is 2. The molecule has 1 atom stereocenters. The maximum Gasteiger partial charge on any atom is 0.246 e. The first-order chi connectivity index (χ1) is 15.0. The highest BCUT2D eigenvalue weighted by molar-refractivity contribution is 5.91. The highest BCUT2D eigenvalue weighted by atomic mass is 16.2. The van der Waals surface area contributed by atoms with E-state index in [1.165, 1.54) is 0 Å². The Hall–Kier alpha value is -3.55. The third kappa shape index (κ3) is 5.75. The molecule has 4 rings (SSSR count). The van der Waals surface area contributed by atoms with E-state index in [0.29, 0.717) is 5.92 Å². The Balaban J connectivity index is 1.36. The number of nitrogens with one attached hydrogen (secondary N) is 1. The van der Waals surface area contributed by atoms with Crippen LogP contribution in [0.1, 0.15) is 29.8 Å². The predicted octanol–water partition coefficient (Wildman–Crippen LogP) is 3.15. The van der Waals surface area contributed by atoms with Gasteiger partial charge < -0.3 is 10.2 Å². The van der Waals surface area contributed by atoms with Crippen LogP contribution >= 0.6 is 0 Å². The molecule has 1 amide bonds. The van der Waals surface area contributed by atoms with Gasteiger partial charge in [-0.05, 0) is 50.3 Å². The first kappa shape index (κ1) is 20.7. The van der Waals surface area contributed by atoms with Crippen molar-refractivity contribution >= 4 is 23.6 Å². The van der Waals surface area contributed by atoms with E-state index in [1.807, 2.05) is 55.4 Å². The second-order valence-electron chi connectivity index (χ2n) is 7.96. The molecule has 160 valence electrons. The van der Waals surface area contributed by atoms with Crippen LogP contribution in [0.5, 0.6) is 0 Å². The lowest BCUT2D eigenvalue weighted by Gasteiger charge is -2.32. The van der Waals surface area contributed by atoms with Crippen molar-refractivity contribution in [3.05, 3.63) is 66.0 Å². The van der Waals surface area contributed by atoms with Crippen LogP contribution in [0, 0.1) is 12.8 Å². The monoisotopic (exact) mass is 417 g/mol. The van der Waals surface area contributed by atoms with Crippen LogP contribution < -0.4 is 5.32 Å². The highest BCUT2D eigenvalue weighted by Gasteiger charge is 2.23. The average molecular weight is 418 g/mol. The van der Waals surface area contributed by atoms with Gasteiger partial charge in [-0.25, -0.2) is 15.0 Å². The van der Waals surface area contributed by atoms with Gasteiger partial charge >= 0.3 is 0 Å². The van der Waals surface area contributed by atoms with E-state index in [-0.39, 0.29) is 5.91 Å². The van der Waals surface area contributed by atoms with E-state index in [0.717, 1.165) is 60.9 Å². The quantitative estimate of drug-likeness (QED) is 0.620. The Kier molecular flexibility index (Phi) is 6.35. The normalized spacial score (nSPS) is 16.6. The number of rotatable bonds is 6. The van der Waals surface area contributed by atoms with E-state index in [4.69, 9.17) is 0 Å². The number of piperidine rings is 1. The number of carbonyl (C=O) groups excluding carboxylic acids is 1. The second-order valence-corrected chi connectivity index (χ2v) is 7.96. The minimum atomic E-state index is 0.0455. The summed E-state index contributed by atoms with van der Waals surface area (Å²) in [5.74, 6) is 1.92. The molecule has 1 saturated heterocycles. The lowest BCUT2D eigenvalue weighted by Crippen LogP contribution is -2.39. The maximum absolute atomic E-state index is 12.6. The molecule has 0 saturated carbocycles. The van der Waals surface area contributed by atoms with Gasteiger partial charge in [-0.3, -0.25) is 9.48 Å². The Bertz CT molecular complexity index is 1080. The molecule has 0 bridgehead atoms. The molecular weight excluding hydrogens is 390 g/mol. The molecule has 31 heavy (non-hydrogen) atoms. The van der Waals surface area contributed by atoms with E-state index in [9.17, 15) is 4.79 Å². The minimum Gasteiger partial charge on any atom is -0.339 e. The molecule has 8 nitrogen and oxygen atoms in total. The summed E-state index contributed by atoms with van der Waals surface area (Å²) in [7, 11) is 1.86. The van der Waals surface area contributed by atoms with Gasteiger partial charge in [-0.2, -0.15) is 5.10 Å². The van der Waals surface area contributed by atoms with E-state index < -0.39 is 0 Å². The summed E-state index contributed by atoms with van der Waals surface area (Å²) >= 11 is 0. The average Bonchev–Trinajstić information content (AvgIpc) is 3.18. The largest absolute Gasteiger partial charge is 0.339 e. The minimum absolute atomic E-state index is 0.0455. The summed E-state index contributed by atoms with van der Waals surface area (Å²) in [6, 6.07) is 7.80. The van der Waals surface area contributed by atoms with Crippen LogP contribution in [-0.4, -0.2) is 48.6 Å². The molecule has 1 N–H and O–H groups in total. The molecule has 1 aliphatic heterocycles. The first-order valence-electron chi connectivity index (χ1n) is 10.5. The van der Waals surface area contributed by atoms with Crippen molar-refractivity contribution in [3.8, 4) is 0 Å². The molecule has 4 heterocycles. The molecule has 3 aromatic rings. The lowest BCUT2D eigenvalue weighted by molar-refractivity contribution is -0.127. The summed E-state index contributed by atoms with van der Waals surface area (Å²) < 4.78 is 1.72. The zero-order chi connectivity index (χ0) is 21.6. The number of likely N-dealkylation sites (tertiary alicyclic amines) is 1. The SMILES string of the molecule is Cc1cccc(Nc2cc(CC3CCCN(C(=O)/C=C/c4cnn(C)c4)C3)ncn2)n1. The molecule has 8 heteroatoms. The summed E-state index contributed by atoms with van der Waals surface area (Å²) in [5.41, 5.74) is 2.84. The van der Waals surface area contributed by atoms with Crippen LogP contribution in [-0.2, 0) is 18.3 Å². The molecule has 1 aliphatic rings. The van der Waals surface area contributed by atoms with Gasteiger partial charge in [0.05, 0.1) is 6.20 Å². The summed E-state index contributed by atoms with van der Waals surface area (Å²) in [6.07, 6.45) is 11.6. The van der Waals surface area contributed by atoms with Gasteiger partial charge in [-0.1, -0.05) is 6.07 Å².